The fraction of sp³-hybridized carbons (Fsp3) is 0.154. The van der Waals surface area contributed by atoms with Gasteiger partial charge in [-0.15, -0.1) is 0 Å². The molecule has 3 rings (SSSR count). The maximum absolute atomic E-state index is 11.4. The minimum atomic E-state index is -3.95. The van der Waals surface area contributed by atoms with E-state index < -0.39 is 33.8 Å². The molecule has 0 radical (unpaired) electrons. The zero-order valence-electron chi connectivity index (χ0n) is 19.0. The lowest BCUT2D eigenvalue weighted by Gasteiger charge is -2.31. The Bertz CT molecular complexity index is 1570. The Morgan fingerprint density at radius 2 is 1.64 bits per heavy atom. The first-order chi connectivity index (χ1) is 16.9. The predicted molar refractivity (Wildman–Crippen MR) is 126 cm³/mol. The van der Waals surface area contributed by atoms with Crippen molar-refractivity contribution in [2.45, 2.75) is 12.8 Å². The summed E-state index contributed by atoms with van der Waals surface area (Å²) < 4.78 is 21.8. The Balaban J connectivity index is 1.99. The molecule has 0 heterocycles. The number of quaternary nitrogens is 2. The Hall–Kier alpha value is -4.37. The van der Waals surface area contributed by atoms with E-state index in [4.69, 9.17) is 5.14 Å². The largest absolute Gasteiger partial charge is 0.550 e. The third-order valence-electron chi connectivity index (χ3n) is 5.36. The zero-order valence-corrected chi connectivity index (χ0v) is 19.8. The first-order valence-corrected chi connectivity index (χ1v) is 12.1. The maximum atomic E-state index is 11.4. The first kappa shape index (κ1) is 26.2. The van der Waals surface area contributed by atoms with Gasteiger partial charge in [-0.05, 0) is 53.7 Å². The van der Waals surface area contributed by atoms with Gasteiger partial charge in [0.05, 0.1) is 5.25 Å². The van der Waals surface area contributed by atoms with E-state index >= 15 is 0 Å². The number of primary sulfonamides is 1. The van der Waals surface area contributed by atoms with Crippen molar-refractivity contribution in [3.63, 3.8) is 0 Å². The quantitative estimate of drug-likeness (QED) is 0.387. The SMILES string of the molecule is NS(=O)(=O)C#CC#Cc1cc([NH3+])cc(-c2ccc([NH3+])cc2C#CC2=CC[C@H](C(=O)[O-])[C@H](C(=O)[O-])C2)c1. The molecule has 36 heavy (non-hydrogen) atoms. The zero-order chi connectivity index (χ0) is 26.5. The van der Waals surface area contributed by atoms with E-state index in [1.165, 1.54) is 0 Å². The van der Waals surface area contributed by atoms with Crippen LogP contribution in [-0.2, 0) is 19.6 Å². The molecule has 0 amide bonds. The number of sulfonamides is 1. The van der Waals surface area contributed by atoms with Crippen LogP contribution in [0.25, 0.3) is 11.1 Å². The average Bonchev–Trinajstić information content (AvgIpc) is 2.79. The molecule has 0 bridgehead atoms. The van der Waals surface area contributed by atoms with Crippen LogP contribution in [0.5, 0.6) is 0 Å². The molecule has 0 saturated carbocycles. The van der Waals surface area contributed by atoms with Gasteiger partial charge in [0, 0.05) is 59.0 Å². The molecule has 0 spiro atoms. The number of carbonyl (C=O) groups excluding carboxylic acids is 2. The number of nitrogens with two attached hydrogens (primary N) is 1. The Labute approximate surface area is 208 Å². The average molecular weight is 504 g/mol. The number of carbonyl (C=O) groups is 2. The van der Waals surface area contributed by atoms with Gasteiger partial charge in [-0.1, -0.05) is 23.8 Å². The highest BCUT2D eigenvalue weighted by molar-refractivity contribution is 7.93. The van der Waals surface area contributed by atoms with Gasteiger partial charge in [-0.3, -0.25) is 0 Å². The fourth-order valence-corrected chi connectivity index (χ4v) is 3.91. The molecular weight excluding hydrogens is 482 g/mol. The van der Waals surface area contributed by atoms with Gasteiger partial charge in [0.25, 0.3) is 10.0 Å². The van der Waals surface area contributed by atoms with Crippen molar-refractivity contribution in [3.05, 3.63) is 59.2 Å². The van der Waals surface area contributed by atoms with Crippen molar-refractivity contribution in [2.75, 3.05) is 0 Å². The van der Waals surface area contributed by atoms with E-state index in [1.807, 2.05) is 17.4 Å². The summed E-state index contributed by atoms with van der Waals surface area (Å²) in [6.07, 6.45) is 1.53. The van der Waals surface area contributed by atoms with Crippen LogP contribution in [0, 0.1) is 46.7 Å². The van der Waals surface area contributed by atoms with Gasteiger partial charge < -0.3 is 31.3 Å². The summed E-state index contributed by atoms with van der Waals surface area (Å²) in [7, 11) is -3.95. The smallest absolute Gasteiger partial charge is 0.278 e. The van der Waals surface area contributed by atoms with Crippen molar-refractivity contribution >= 4 is 33.3 Å². The molecule has 2 atom stereocenters. The van der Waals surface area contributed by atoms with E-state index in [2.05, 4.69) is 41.1 Å². The number of benzene rings is 2. The lowest BCUT2D eigenvalue weighted by atomic mass is 9.79. The van der Waals surface area contributed by atoms with Crippen molar-refractivity contribution in [3.8, 4) is 46.0 Å². The molecule has 0 saturated heterocycles. The normalized spacial score (nSPS) is 16.7. The van der Waals surface area contributed by atoms with Gasteiger partial charge in [0.1, 0.15) is 11.4 Å². The van der Waals surface area contributed by atoms with Crippen LogP contribution in [-0.4, -0.2) is 20.4 Å². The van der Waals surface area contributed by atoms with Gasteiger partial charge in [-0.25, -0.2) is 5.14 Å². The van der Waals surface area contributed by atoms with Gasteiger partial charge in [0.2, 0.25) is 0 Å². The molecule has 2 aromatic rings. The molecule has 0 unspecified atom stereocenters. The number of allylic oxidation sites excluding steroid dienone is 2. The summed E-state index contributed by atoms with van der Waals surface area (Å²) in [5, 5.41) is 29.3. The summed E-state index contributed by atoms with van der Waals surface area (Å²) >= 11 is 0. The molecule has 9 nitrogen and oxygen atoms in total. The lowest BCUT2D eigenvalue weighted by molar-refractivity contribution is -0.326. The van der Waals surface area contributed by atoms with Crippen LogP contribution < -0.4 is 26.8 Å². The van der Waals surface area contributed by atoms with Crippen LogP contribution in [0.15, 0.2) is 48.0 Å². The molecule has 0 aliphatic heterocycles. The molecule has 182 valence electrons. The molecule has 1 aliphatic carbocycles. The van der Waals surface area contributed by atoms with Crippen LogP contribution in [0.4, 0.5) is 11.4 Å². The minimum absolute atomic E-state index is 0.00679. The molecule has 8 N–H and O–H groups in total. The van der Waals surface area contributed by atoms with Gasteiger partial charge in [-0.2, -0.15) is 8.42 Å². The second-order valence-corrected chi connectivity index (χ2v) is 9.39. The van der Waals surface area contributed by atoms with Crippen LogP contribution in [0.3, 0.4) is 0 Å². The minimum Gasteiger partial charge on any atom is -0.550 e. The Morgan fingerprint density at radius 1 is 0.917 bits per heavy atom. The predicted octanol–water partition coefficient (Wildman–Crippen LogP) is -2.49. The lowest BCUT2D eigenvalue weighted by Crippen LogP contribution is -2.45. The third kappa shape index (κ3) is 7.07. The summed E-state index contributed by atoms with van der Waals surface area (Å²) in [5.41, 5.74) is 12.3. The van der Waals surface area contributed by atoms with E-state index in [9.17, 15) is 28.2 Å². The van der Waals surface area contributed by atoms with Crippen molar-refractivity contribution in [1.82, 2.24) is 0 Å². The highest BCUT2D eigenvalue weighted by Crippen LogP contribution is 2.30. The van der Waals surface area contributed by atoms with Crippen molar-refractivity contribution in [2.24, 2.45) is 17.0 Å². The molecular formula is C26H21N3O6S. The van der Waals surface area contributed by atoms with Crippen molar-refractivity contribution < 1.29 is 39.7 Å². The summed E-state index contributed by atoms with van der Waals surface area (Å²) in [5.74, 6) is 8.11. The number of aliphatic carboxylic acids is 2. The van der Waals surface area contributed by atoms with E-state index in [-0.39, 0.29) is 12.8 Å². The topological polar surface area (TPSA) is 196 Å². The summed E-state index contributed by atoms with van der Waals surface area (Å²) in [4.78, 5) is 22.7. The highest BCUT2D eigenvalue weighted by Gasteiger charge is 2.27. The fourth-order valence-electron chi connectivity index (χ4n) is 3.72. The number of carboxylic acid groups (broad SMARTS) is 2. The number of carboxylic acids is 2. The Morgan fingerprint density at radius 3 is 2.31 bits per heavy atom. The van der Waals surface area contributed by atoms with Crippen LogP contribution in [0.1, 0.15) is 24.0 Å². The molecule has 1 aliphatic rings. The number of rotatable bonds is 3. The summed E-state index contributed by atoms with van der Waals surface area (Å²) in [6, 6.07) is 10.7. The first-order valence-electron chi connectivity index (χ1n) is 10.5. The van der Waals surface area contributed by atoms with E-state index in [0.29, 0.717) is 28.1 Å². The monoisotopic (exact) mass is 503 g/mol. The van der Waals surface area contributed by atoms with Crippen molar-refractivity contribution in [1.29, 1.82) is 0 Å². The van der Waals surface area contributed by atoms with Gasteiger partial charge >= 0.3 is 0 Å². The second kappa shape index (κ2) is 10.9. The number of hydrogen-bond donors (Lipinski definition) is 3. The highest BCUT2D eigenvalue weighted by atomic mass is 32.2. The van der Waals surface area contributed by atoms with Crippen LogP contribution in [0.2, 0.25) is 0 Å². The molecule has 0 aromatic heterocycles. The molecule has 10 heteroatoms. The second-order valence-electron chi connectivity index (χ2n) is 8.09. The van der Waals surface area contributed by atoms with Gasteiger partial charge in [0.15, 0.2) is 0 Å². The summed E-state index contributed by atoms with van der Waals surface area (Å²) in [6.45, 7) is 0. The number of hydrogen-bond acceptors (Lipinski definition) is 6. The standard InChI is InChI=1S/C26H21N3O6S/c27-20-7-9-22(19-11-17(12-21(28)15-19)3-1-2-10-36(29,34)35)18(14-20)6-4-16-5-8-23(25(30)31)24(13-16)26(32)33/h5,7,9,11-12,14-15,23-24H,8,13,27-28H2,(H,30,31)(H,32,33)(H2,29,34,35)/t23-,24+/m0/s1. The van der Waals surface area contributed by atoms with E-state index in [0.717, 1.165) is 11.1 Å². The molecule has 0 fully saturated rings. The third-order valence-corrected chi connectivity index (χ3v) is 5.74. The van der Waals surface area contributed by atoms with Crippen LogP contribution >= 0.6 is 0 Å². The van der Waals surface area contributed by atoms with E-state index in [1.54, 1.807) is 30.3 Å². The molecule has 2 aromatic carbocycles. The maximum Gasteiger partial charge on any atom is 0.278 e. The Kier molecular flexibility index (Phi) is 7.96.